The molecule has 1 saturated heterocycles. The minimum absolute atomic E-state index is 0.198. The average Bonchev–Trinajstić information content (AvgIpc) is 3.26. The van der Waals surface area contributed by atoms with Crippen molar-refractivity contribution in [3.8, 4) is 6.07 Å². The first-order valence-corrected chi connectivity index (χ1v) is 12.3. The maximum atomic E-state index is 13.0. The molecular weight excluding hydrogens is 432 g/mol. The van der Waals surface area contributed by atoms with E-state index in [9.17, 15) is 10.1 Å². The quantitative estimate of drug-likeness (QED) is 0.396. The van der Waals surface area contributed by atoms with Gasteiger partial charge in [0.2, 0.25) is 5.89 Å². The number of fused-ring (bicyclic) bond motifs is 2. The third-order valence-corrected chi connectivity index (χ3v) is 7.66. The standard InChI is InChI=1S/C26H26N4O2S/c1-16-5-8-22-20(13-16)28-25(32-22)26(2)9-11-30(12-10-26)23-18-14-17(33-4)6-7-21(18)29(3)24(31)19(23)15-27/h5-8,13-14H,9-12H2,1-4H3. The lowest BCUT2D eigenvalue weighted by molar-refractivity contribution is 0.292. The van der Waals surface area contributed by atoms with Gasteiger partial charge in [0.15, 0.2) is 5.58 Å². The number of pyridine rings is 1. The summed E-state index contributed by atoms with van der Waals surface area (Å²) < 4.78 is 7.73. The van der Waals surface area contributed by atoms with Gasteiger partial charge in [-0.05, 0) is 61.9 Å². The molecule has 4 aromatic rings. The minimum atomic E-state index is -0.250. The molecule has 168 valence electrons. The van der Waals surface area contributed by atoms with Gasteiger partial charge in [0, 0.05) is 35.8 Å². The van der Waals surface area contributed by atoms with E-state index >= 15 is 0 Å². The molecule has 0 bridgehead atoms. The molecule has 3 heterocycles. The van der Waals surface area contributed by atoms with Crippen LogP contribution in [0, 0.1) is 18.3 Å². The Morgan fingerprint density at radius 2 is 1.94 bits per heavy atom. The molecule has 1 aliphatic rings. The Morgan fingerprint density at radius 1 is 1.18 bits per heavy atom. The largest absolute Gasteiger partial charge is 0.440 e. The van der Waals surface area contributed by atoms with Crippen LogP contribution in [0.15, 0.2) is 50.5 Å². The van der Waals surface area contributed by atoms with Crippen LogP contribution < -0.4 is 10.5 Å². The summed E-state index contributed by atoms with van der Waals surface area (Å²) in [7, 11) is 1.73. The summed E-state index contributed by atoms with van der Waals surface area (Å²) >= 11 is 1.65. The first-order chi connectivity index (χ1) is 15.8. The molecule has 6 nitrogen and oxygen atoms in total. The van der Waals surface area contributed by atoms with Gasteiger partial charge in [-0.25, -0.2) is 4.98 Å². The molecule has 0 aliphatic carbocycles. The number of thioether (sulfide) groups is 1. The first-order valence-electron chi connectivity index (χ1n) is 11.1. The van der Waals surface area contributed by atoms with E-state index in [0.717, 1.165) is 56.9 Å². The van der Waals surface area contributed by atoms with E-state index in [-0.39, 0.29) is 16.5 Å². The van der Waals surface area contributed by atoms with Crippen molar-refractivity contribution in [1.82, 2.24) is 9.55 Å². The fourth-order valence-corrected chi connectivity index (χ4v) is 5.24. The number of anilines is 1. The average molecular weight is 459 g/mol. The van der Waals surface area contributed by atoms with Crippen molar-refractivity contribution in [1.29, 1.82) is 5.26 Å². The van der Waals surface area contributed by atoms with Gasteiger partial charge in [0.05, 0.1) is 11.2 Å². The van der Waals surface area contributed by atoms with Gasteiger partial charge in [0.1, 0.15) is 17.1 Å². The van der Waals surface area contributed by atoms with E-state index in [1.165, 1.54) is 0 Å². The number of aromatic nitrogens is 2. The van der Waals surface area contributed by atoms with Crippen molar-refractivity contribution in [2.45, 2.75) is 37.0 Å². The van der Waals surface area contributed by atoms with E-state index in [0.29, 0.717) is 13.1 Å². The molecule has 0 radical (unpaired) electrons. The van der Waals surface area contributed by atoms with Gasteiger partial charge in [0.25, 0.3) is 5.56 Å². The Balaban J connectivity index is 1.54. The highest BCUT2D eigenvalue weighted by Crippen LogP contribution is 2.40. The normalized spacial score (nSPS) is 15.8. The van der Waals surface area contributed by atoms with Crippen LogP contribution in [0.5, 0.6) is 0 Å². The molecule has 0 atom stereocenters. The Hall–Kier alpha value is -3.24. The molecule has 33 heavy (non-hydrogen) atoms. The number of nitrogens with zero attached hydrogens (tertiary/aromatic N) is 4. The van der Waals surface area contributed by atoms with Gasteiger partial charge in [-0.1, -0.05) is 13.0 Å². The Kier molecular flexibility index (Phi) is 5.21. The lowest BCUT2D eigenvalue weighted by Gasteiger charge is -2.39. The lowest BCUT2D eigenvalue weighted by atomic mass is 9.80. The molecule has 0 N–H and O–H groups in total. The molecule has 5 rings (SSSR count). The summed E-state index contributed by atoms with van der Waals surface area (Å²) in [6, 6.07) is 14.3. The second kappa shape index (κ2) is 7.96. The van der Waals surface area contributed by atoms with Crippen molar-refractivity contribution in [2.75, 3.05) is 24.2 Å². The number of aryl methyl sites for hydroxylation is 2. The zero-order valence-corrected chi connectivity index (χ0v) is 20.1. The van der Waals surface area contributed by atoms with Gasteiger partial charge < -0.3 is 13.9 Å². The zero-order valence-electron chi connectivity index (χ0n) is 19.3. The van der Waals surface area contributed by atoms with Crippen LogP contribution in [-0.4, -0.2) is 28.9 Å². The monoisotopic (exact) mass is 458 g/mol. The first kappa shape index (κ1) is 21.6. The summed E-state index contributed by atoms with van der Waals surface area (Å²) in [5, 5.41) is 10.8. The van der Waals surface area contributed by atoms with Crippen molar-refractivity contribution in [3.05, 3.63) is 63.8 Å². The van der Waals surface area contributed by atoms with Gasteiger partial charge >= 0.3 is 0 Å². The van der Waals surface area contributed by atoms with E-state index < -0.39 is 0 Å². The minimum Gasteiger partial charge on any atom is -0.440 e. The van der Waals surface area contributed by atoms with E-state index in [1.54, 1.807) is 23.4 Å². The van der Waals surface area contributed by atoms with Crippen molar-refractivity contribution < 1.29 is 4.42 Å². The molecule has 0 saturated carbocycles. The van der Waals surface area contributed by atoms with E-state index in [4.69, 9.17) is 9.40 Å². The van der Waals surface area contributed by atoms with Crippen LogP contribution >= 0.6 is 11.8 Å². The molecular formula is C26H26N4O2S. The van der Waals surface area contributed by atoms with Crippen LogP contribution in [0.2, 0.25) is 0 Å². The molecule has 7 heteroatoms. The van der Waals surface area contributed by atoms with E-state index in [1.807, 2.05) is 30.5 Å². The highest BCUT2D eigenvalue weighted by Gasteiger charge is 2.37. The van der Waals surface area contributed by atoms with Crippen LogP contribution in [0.25, 0.3) is 22.0 Å². The summed E-state index contributed by atoms with van der Waals surface area (Å²) in [6.45, 7) is 5.68. The number of oxazole rings is 1. The maximum Gasteiger partial charge on any atom is 0.270 e. The SMILES string of the molecule is CSc1ccc2c(c1)c(N1CCC(C)(c3nc4cc(C)ccc4o3)CC1)c(C#N)c(=O)n2C. The second-order valence-corrected chi connectivity index (χ2v) is 10.0. The number of hydrogen-bond acceptors (Lipinski definition) is 6. The van der Waals surface area contributed by atoms with Crippen LogP contribution in [0.4, 0.5) is 5.69 Å². The van der Waals surface area contributed by atoms with Gasteiger partial charge in [-0.2, -0.15) is 5.26 Å². The molecule has 0 unspecified atom stereocenters. The third-order valence-electron chi connectivity index (χ3n) is 6.93. The predicted molar refractivity (Wildman–Crippen MR) is 133 cm³/mol. The van der Waals surface area contributed by atoms with Crippen LogP contribution in [-0.2, 0) is 12.5 Å². The number of hydrogen-bond donors (Lipinski definition) is 0. The number of rotatable bonds is 3. The summed E-state index contributed by atoms with van der Waals surface area (Å²) in [6.07, 6.45) is 3.67. The lowest BCUT2D eigenvalue weighted by Crippen LogP contribution is -2.42. The Bertz CT molecular complexity index is 1490. The number of nitriles is 1. The summed E-state index contributed by atoms with van der Waals surface area (Å²) in [5.41, 5.74) is 4.22. The fraction of sp³-hybridized carbons (Fsp3) is 0.346. The number of piperidine rings is 1. The maximum absolute atomic E-state index is 13.0. The van der Waals surface area contributed by atoms with Crippen molar-refractivity contribution >= 4 is 39.5 Å². The highest BCUT2D eigenvalue weighted by atomic mass is 32.2. The van der Waals surface area contributed by atoms with E-state index in [2.05, 4.69) is 36.9 Å². The Morgan fingerprint density at radius 3 is 2.64 bits per heavy atom. The smallest absolute Gasteiger partial charge is 0.270 e. The van der Waals surface area contributed by atoms with Crippen LogP contribution in [0.3, 0.4) is 0 Å². The predicted octanol–water partition coefficient (Wildman–Crippen LogP) is 5.14. The van der Waals surface area contributed by atoms with Gasteiger partial charge in [-0.15, -0.1) is 11.8 Å². The fourth-order valence-electron chi connectivity index (χ4n) is 4.80. The topological polar surface area (TPSA) is 75.1 Å². The summed E-state index contributed by atoms with van der Waals surface area (Å²) in [5.74, 6) is 0.766. The third kappa shape index (κ3) is 3.50. The highest BCUT2D eigenvalue weighted by molar-refractivity contribution is 7.98. The molecule has 1 fully saturated rings. The molecule has 2 aromatic heterocycles. The van der Waals surface area contributed by atoms with Crippen molar-refractivity contribution in [2.24, 2.45) is 7.05 Å². The Labute approximate surface area is 196 Å². The van der Waals surface area contributed by atoms with Gasteiger partial charge in [-0.3, -0.25) is 4.79 Å². The summed E-state index contributed by atoms with van der Waals surface area (Å²) in [4.78, 5) is 21.1. The molecule has 0 amide bonds. The van der Waals surface area contributed by atoms with Crippen molar-refractivity contribution in [3.63, 3.8) is 0 Å². The molecule has 2 aromatic carbocycles. The number of benzene rings is 2. The second-order valence-electron chi connectivity index (χ2n) is 9.12. The zero-order chi connectivity index (χ0) is 23.3. The van der Waals surface area contributed by atoms with Crippen LogP contribution in [0.1, 0.15) is 36.8 Å². The molecule has 1 aliphatic heterocycles. The molecule has 0 spiro atoms.